The van der Waals surface area contributed by atoms with E-state index < -0.39 is 0 Å². The highest BCUT2D eigenvalue weighted by Gasteiger charge is 1.98. The largest absolute Gasteiger partial charge is 0.490 e. The Bertz CT molecular complexity index is 588. The molecule has 0 bridgehead atoms. The third-order valence-electron chi connectivity index (χ3n) is 3.18. The zero-order chi connectivity index (χ0) is 17.6. The normalized spacial score (nSPS) is 11.3. The molecule has 0 aliphatic carbocycles. The number of pyridine rings is 1. The van der Waals surface area contributed by atoms with Crippen molar-refractivity contribution in [2.24, 2.45) is 4.99 Å². The highest BCUT2D eigenvalue weighted by molar-refractivity contribution is 5.79. The minimum Gasteiger partial charge on any atom is -0.490 e. The summed E-state index contributed by atoms with van der Waals surface area (Å²) in [6, 6.07) is 7.49. The van der Waals surface area contributed by atoms with Crippen LogP contribution in [0.25, 0.3) is 0 Å². The first-order valence-corrected chi connectivity index (χ1v) is 8.53. The summed E-state index contributed by atoms with van der Waals surface area (Å²) in [6.45, 7) is 5.89. The summed E-state index contributed by atoms with van der Waals surface area (Å²) in [5.74, 6) is 2.38. The topological polar surface area (TPSA) is 80.9 Å². The van der Waals surface area contributed by atoms with Gasteiger partial charge in [0, 0.05) is 25.9 Å². The van der Waals surface area contributed by atoms with Gasteiger partial charge < -0.3 is 24.5 Å². The zero-order valence-electron chi connectivity index (χ0n) is 14.6. The van der Waals surface area contributed by atoms with Gasteiger partial charge in [0.1, 0.15) is 24.7 Å². The lowest BCUT2D eigenvalue weighted by Gasteiger charge is -2.12. The Morgan fingerprint density at radius 3 is 2.96 bits per heavy atom. The molecular formula is C18H26N4O3. The molecule has 0 amide bonds. The average Bonchev–Trinajstić information content (AvgIpc) is 3.16. The van der Waals surface area contributed by atoms with E-state index in [1.807, 2.05) is 31.2 Å². The smallest absolute Gasteiger partial charge is 0.191 e. The lowest BCUT2D eigenvalue weighted by atomic mass is 10.4. The van der Waals surface area contributed by atoms with E-state index in [1.165, 1.54) is 0 Å². The first kappa shape index (κ1) is 18.8. The van der Waals surface area contributed by atoms with Crippen LogP contribution in [0, 0.1) is 0 Å². The van der Waals surface area contributed by atoms with Crippen LogP contribution < -0.4 is 15.4 Å². The van der Waals surface area contributed by atoms with Gasteiger partial charge in [-0.3, -0.25) is 9.98 Å². The number of aliphatic imine (C=N–C) groups is 1. The number of guanidine groups is 1. The van der Waals surface area contributed by atoms with Crippen molar-refractivity contribution in [1.82, 2.24) is 15.6 Å². The maximum atomic E-state index is 5.59. The van der Waals surface area contributed by atoms with Crippen molar-refractivity contribution in [2.45, 2.75) is 20.0 Å². The van der Waals surface area contributed by atoms with Crippen LogP contribution >= 0.6 is 0 Å². The van der Waals surface area contributed by atoms with Gasteiger partial charge in [0.25, 0.3) is 0 Å². The molecule has 0 aromatic carbocycles. The Morgan fingerprint density at radius 2 is 2.20 bits per heavy atom. The van der Waals surface area contributed by atoms with Crippen molar-refractivity contribution in [3.8, 4) is 5.75 Å². The Morgan fingerprint density at radius 1 is 1.24 bits per heavy atom. The summed E-state index contributed by atoms with van der Waals surface area (Å²) in [5.41, 5.74) is 0. The predicted molar refractivity (Wildman–Crippen MR) is 96.7 cm³/mol. The number of rotatable bonds is 11. The number of hydrogen-bond donors (Lipinski definition) is 2. The second kappa shape index (κ2) is 11.9. The van der Waals surface area contributed by atoms with Crippen LogP contribution in [-0.4, -0.2) is 43.8 Å². The molecule has 136 valence electrons. The van der Waals surface area contributed by atoms with Crippen molar-refractivity contribution in [3.63, 3.8) is 0 Å². The predicted octanol–water partition coefficient (Wildman–Crippen LogP) is 2.22. The van der Waals surface area contributed by atoms with E-state index in [0.717, 1.165) is 30.4 Å². The number of furan rings is 1. The fourth-order valence-electron chi connectivity index (χ4n) is 2.04. The van der Waals surface area contributed by atoms with Gasteiger partial charge in [-0.25, -0.2) is 0 Å². The van der Waals surface area contributed by atoms with Crippen molar-refractivity contribution >= 4 is 5.96 Å². The molecule has 2 aromatic rings. The maximum absolute atomic E-state index is 5.59. The molecule has 0 saturated carbocycles. The van der Waals surface area contributed by atoms with Crippen molar-refractivity contribution in [2.75, 3.05) is 32.8 Å². The van der Waals surface area contributed by atoms with Gasteiger partial charge in [0.05, 0.1) is 19.0 Å². The summed E-state index contributed by atoms with van der Waals surface area (Å²) in [7, 11) is 0. The fourth-order valence-corrected chi connectivity index (χ4v) is 2.04. The third kappa shape index (κ3) is 8.21. The first-order chi connectivity index (χ1) is 12.4. The van der Waals surface area contributed by atoms with Crippen LogP contribution in [0.1, 0.15) is 19.1 Å². The van der Waals surface area contributed by atoms with Crippen LogP contribution in [0.15, 0.2) is 52.3 Å². The van der Waals surface area contributed by atoms with E-state index in [2.05, 4.69) is 20.6 Å². The molecule has 2 rings (SSSR count). The molecule has 7 nitrogen and oxygen atoms in total. The molecule has 7 heteroatoms. The quantitative estimate of drug-likeness (QED) is 0.369. The Kier molecular flexibility index (Phi) is 8.96. The van der Waals surface area contributed by atoms with Gasteiger partial charge in [-0.2, -0.15) is 0 Å². The molecule has 2 N–H and O–H groups in total. The minimum absolute atomic E-state index is 0.501. The average molecular weight is 346 g/mol. The lowest BCUT2D eigenvalue weighted by molar-refractivity contribution is 0.105. The van der Waals surface area contributed by atoms with Crippen molar-refractivity contribution < 1.29 is 13.9 Å². The number of hydrogen-bond acceptors (Lipinski definition) is 5. The molecular weight excluding hydrogens is 320 g/mol. The van der Waals surface area contributed by atoms with E-state index in [1.54, 1.807) is 18.7 Å². The van der Waals surface area contributed by atoms with E-state index in [4.69, 9.17) is 13.9 Å². The maximum Gasteiger partial charge on any atom is 0.191 e. The third-order valence-corrected chi connectivity index (χ3v) is 3.18. The Labute approximate surface area is 148 Å². The summed E-state index contributed by atoms with van der Waals surface area (Å²) in [5, 5.41) is 6.45. The second-order valence-electron chi connectivity index (χ2n) is 5.21. The second-order valence-corrected chi connectivity index (χ2v) is 5.21. The molecule has 0 atom stereocenters. The van der Waals surface area contributed by atoms with Gasteiger partial charge in [0.2, 0.25) is 0 Å². The molecule has 0 aliphatic rings. The van der Waals surface area contributed by atoms with E-state index in [-0.39, 0.29) is 0 Å². The van der Waals surface area contributed by atoms with E-state index in [9.17, 15) is 0 Å². The zero-order valence-corrected chi connectivity index (χ0v) is 14.6. The van der Waals surface area contributed by atoms with Gasteiger partial charge in [0.15, 0.2) is 5.96 Å². The fraction of sp³-hybridized carbons (Fsp3) is 0.444. The molecule has 0 saturated heterocycles. The summed E-state index contributed by atoms with van der Waals surface area (Å²) in [6.07, 6.45) is 5.92. The molecule has 0 radical (unpaired) electrons. The van der Waals surface area contributed by atoms with Gasteiger partial charge in [-0.15, -0.1) is 0 Å². The lowest BCUT2D eigenvalue weighted by Crippen LogP contribution is -2.39. The molecule has 0 aliphatic heterocycles. The number of ether oxygens (including phenoxy) is 2. The van der Waals surface area contributed by atoms with Gasteiger partial charge >= 0.3 is 0 Å². The standard InChI is InChI=1S/C18H26N4O3/c1-2-20-18(22-10-13-25-16-6-3-8-19-14-16)21-9-5-11-23-15-17-7-4-12-24-17/h3-4,6-8,12,14H,2,5,9-11,13,15H2,1H3,(H2,20,21,22). The highest BCUT2D eigenvalue weighted by atomic mass is 16.5. The van der Waals surface area contributed by atoms with Crippen LogP contribution in [0.5, 0.6) is 5.75 Å². The van der Waals surface area contributed by atoms with E-state index in [0.29, 0.717) is 32.9 Å². The van der Waals surface area contributed by atoms with Crippen molar-refractivity contribution in [1.29, 1.82) is 0 Å². The highest BCUT2D eigenvalue weighted by Crippen LogP contribution is 2.05. The van der Waals surface area contributed by atoms with Crippen molar-refractivity contribution in [3.05, 3.63) is 48.7 Å². The summed E-state index contributed by atoms with van der Waals surface area (Å²) in [4.78, 5) is 8.53. The molecule has 2 heterocycles. The molecule has 25 heavy (non-hydrogen) atoms. The van der Waals surface area contributed by atoms with E-state index >= 15 is 0 Å². The van der Waals surface area contributed by atoms with Crippen LogP contribution in [0.4, 0.5) is 0 Å². The Balaban J connectivity index is 1.57. The molecule has 2 aromatic heterocycles. The van der Waals surface area contributed by atoms with Crippen LogP contribution in [-0.2, 0) is 11.3 Å². The number of nitrogens with zero attached hydrogens (tertiary/aromatic N) is 2. The monoisotopic (exact) mass is 346 g/mol. The summed E-state index contributed by atoms with van der Waals surface area (Å²) < 4.78 is 16.3. The first-order valence-electron chi connectivity index (χ1n) is 8.53. The van der Waals surface area contributed by atoms with Crippen LogP contribution in [0.2, 0.25) is 0 Å². The number of aromatic nitrogens is 1. The Hall–Kier alpha value is -2.54. The van der Waals surface area contributed by atoms with Gasteiger partial charge in [-0.1, -0.05) is 0 Å². The molecule has 0 fully saturated rings. The molecule has 0 unspecified atom stereocenters. The summed E-state index contributed by atoms with van der Waals surface area (Å²) >= 11 is 0. The number of nitrogens with one attached hydrogen (secondary N) is 2. The SMILES string of the molecule is CCNC(=NCCCOCc1ccco1)NCCOc1cccnc1. The van der Waals surface area contributed by atoms with Gasteiger partial charge in [-0.05, 0) is 37.6 Å². The molecule has 0 spiro atoms. The van der Waals surface area contributed by atoms with Crippen LogP contribution in [0.3, 0.4) is 0 Å². The minimum atomic E-state index is 0.501.